The van der Waals surface area contributed by atoms with E-state index in [9.17, 15) is 18.4 Å². The van der Waals surface area contributed by atoms with Crippen LogP contribution in [0.1, 0.15) is 21.6 Å². The number of primary amides is 1. The van der Waals surface area contributed by atoms with Crippen molar-refractivity contribution in [3.05, 3.63) is 77.0 Å². The Morgan fingerprint density at radius 2 is 1.84 bits per heavy atom. The lowest BCUT2D eigenvalue weighted by Gasteiger charge is -2.26. The van der Waals surface area contributed by atoms with Crippen LogP contribution in [-0.4, -0.2) is 39.7 Å². The molecule has 0 saturated carbocycles. The molecule has 31 heavy (non-hydrogen) atoms. The van der Waals surface area contributed by atoms with Gasteiger partial charge in [-0.05, 0) is 36.2 Å². The van der Waals surface area contributed by atoms with Gasteiger partial charge in [0.2, 0.25) is 0 Å². The number of benzene rings is 2. The van der Waals surface area contributed by atoms with Crippen LogP contribution in [0.25, 0.3) is 11.3 Å². The minimum Gasteiger partial charge on any atom is -0.352 e. The van der Waals surface area contributed by atoms with Gasteiger partial charge in [0.25, 0.3) is 5.91 Å². The highest BCUT2D eigenvalue weighted by molar-refractivity contribution is 6.01. The van der Waals surface area contributed by atoms with E-state index in [1.54, 1.807) is 28.9 Å². The number of halogens is 2. The van der Waals surface area contributed by atoms with Crippen LogP contribution in [0.2, 0.25) is 0 Å². The number of hydrogen-bond donors (Lipinski definition) is 2. The summed E-state index contributed by atoms with van der Waals surface area (Å²) in [6.45, 7) is 1.21. The average Bonchev–Trinajstić information content (AvgIpc) is 3.14. The van der Waals surface area contributed by atoms with Crippen molar-refractivity contribution in [2.24, 2.45) is 5.73 Å². The SMILES string of the molecule is NC(=O)N1CCn2nc(-c3cccc(F)c3)c(C(=O)NCCc3ccc(F)cc3)c2C1. The number of carbonyl (C=O) groups excluding carboxylic acids is 2. The van der Waals surface area contributed by atoms with E-state index in [0.717, 1.165) is 5.56 Å². The summed E-state index contributed by atoms with van der Waals surface area (Å²) in [5.74, 6) is -1.14. The lowest BCUT2D eigenvalue weighted by molar-refractivity contribution is 0.0951. The molecule has 160 valence electrons. The standard InChI is InChI=1S/C22H21F2N5O2/c23-16-6-4-14(5-7-16)8-9-26-21(30)19-18-13-28(22(25)31)10-11-29(18)27-20(19)15-2-1-3-17(24)12-15/h1-7,12H,8-11,13H2,(H2,25,31)(H,26,30). The first kappa shape index (κ1) is 20.5. The van der Waals surface area contributed by atoms with Gasteiger partial charge in [0.05, 0.1) is 24.3 Å². The second-order valence-corrected chi connectivity index (χ2v) is 7.30. The molecule has 0 fully saturated rings. The molecular weight excluding hydrogens is 404 g/mol. The fourth-order valence-corrected chi connectivity index (χ4v) is 3.64. The summed E-state index contributed by atoms with van der Waals surface area (Å²) >= 11 is 0. The molecule has 0 atom stereocenters. The quantitative estimate of drug-likeness (QED) is 0.658. The lowest BCUT2D eigenvalue weighted by atomic mass is 10.0. The Balaban J connectivity index is 1.62. The highest BCUT2D eigenvalue weighted by atomic mass is 19.1. The Labute approximate surface area is 177 Å². The van der Waals surface area contributed by atoms with Crippen LogP contribution in [0.15, 0.2) is 48.5 Å². The average molecular weight is 425 g/mol. The van der Waals surface area contributed by atoms with Gasteiger partial charge >= 0.3 is 6.03 Å². The van der Waals surface area contributed by atoms with E-state index >= 15 is 0 Å². The minimum atomic E-state index is -0.581. The molecule has 1 aliphatic rings. The van der Waals surface area contributed by atoms with Gasteiger partial charge in [0, 0.05) is 18.7 Å². The van der Waals surface area contributed by atoms with Crippen LogP contribution in [0.5, 0.6) is 0 Å². The summed E-state index contributed by atoms with van der Waals surface area (Å²) in [4.78, 5) is 26.2. The van der Waals surface area contributed by atoms with Crippen LogP contribution in [-0.2, 0) is 19.5 Å². The third kappa shape index (κ3) is 4.40. The summed E-state index contributed by atoms with van der Waals surface area (Å²) in [7, 11) is 0. The molecule has 0 radical (unpaired) electrons. The predicted molar refractivity (Wildman–Crippen MR) is 110 cm³/mol. The van der Waals surface area contributed by atoms with Crippen LogP contribution < -0.4 is 11.1 Å². The van der Waals surface area contributed by atoms with E-state index in [-0.39, 0.29) is 23.8 Å². The fraction of sp³-hybridized carbons (Fsp3) is 0.227. The normalized spacial score (nSPS) is 13.0. The van der Waals surface area contributed by atoms with Gasteiger partial charge < -0.3 is 16.0 Å². The third-order valence-electron chi connectivity index (χ3n) is 5.23. The number of aromatic nitrogens is 2. The molecule has 1 aliphatic heterocycles. The number of hydrogen-bond acceptors (Lipinski definition) is 3. The molecule has 0 bridgehead atoms. The van der Waals surface area contributed by atoms with Crippen molar-refractivity contribution in [1.82, 2.24) is 20.0 Å². The first-order chi connectivity index (χ1) is 14.9. The van der Waals surface area contributed by atoms with E-state index in [4.69, 9.17) is 5.73 Å². The fourth-order valence-electron chi connectivity index (χ4n) is 3.64. The number of rotatable bonds is 5. The molecule has 2 heterocycles. The van der Waals surface area contributed by atoms with Crippen molar-refractivity contribution in [3.63, 3.8) is 0 Å². The molecule has 4 rings (SSSR count). The van der Waals surface area contributed by atoms with E-state index < -0.39 is 11.8 Å². The van der Waals surface area contributed by atoms with Crippen LogP contribution in [0, 0.1) is 11.6 Å². The zero-order chi connectivity index (χ0) is 22.0. The molecular formula is C22H21F2N5O2. The molecule has 0 saturated heterocycles. The number of fused-ring (bicyclic) bond motifs is 1. The summed E-state index contributed by atoms with van der Waals surface area (Å²) in [5, 5.41) is 7.37. The molecule has 1 aromatic heterocycles. The van der Waals surface area contributed by atoms with Crippen molar-refractivity contribution in [2.45, 2.75) is 19.5 Å². The van der Waals surface area contributed by atoms with E-state index in [0.29, 0.717) is 43.0 Å². The largest absolute Gasteiger partial charge is 0.352 e. The molecule has 9 heteroatoms. The predicted octanol–water partition coefficient (Wildman–Crippen LogP) is 2.70. The first-order valence-corrected chi connectivity index (χ1v) is 9.85. The van der Waals surface area contributed by atoms with Crippen molar-refractivity contribution in [1.29, 1.82) is 0 Å². The second kappa shape index (κ2) is 8.55. The van der Waals surface area contributed by atoms with Crippen molar-refractivity contribution >= 4 is 11.9 Å². The lowest BCUT2D eigenvalue weighted by Crippen LogP contribution is -2.42. The first-order valence-electron chi connectivity index (χ1n) is 9.85. The maximum atomic E-state index is 13.8. The summed E-state index contributed by atoms with van der Waals surface area (Å²) in [5.41, 5.74) is 7.95. The Morgan fingerprint density at radius 3 is 2.55 bits per heavy atom. The maximum absolute atomic E-state index is 13.8. The molecule has 0 unspecified atom stereocenters. The Morgan fingerprint density at radius 1 is 1.06 bits per heavy atom. The zero-order valence-electron chi connectivity index (χ0n) is 16.6. The van der Waals surface area contributed by atoms with Gasteiger partial charge in [-0.2, -0.15) is 5.10 Å². The van der Waals surface area contributed by atoms with Crippen molar-refractivity contribution in [3.8, 4) is 11.3 Å². The maximum Gasteiger partial charge on any atom is 0.315 e. The molecule has 3 N–H and O–H groups in total. The van der Waals surface area contributed by atoms with Gasteiger partial charge in [0.1, 0.15) is 17.3 Å². The monoisotopic (exact) mass is 425 g/mol. The second-order valence-electron chi connectivity index (χ2n) is 7.30. The summed E-state index contributed by atoms with van der Waals surface area (Å²) in [6.07, 6.45) is 0.512. The molecule has 3 amide bonds. The van der Waals surface area contributed by atoms with Gasteiger partial charge in [-0.3, -0.25) is 9.48 Å². The molecule has 7 nitrogen and oxygen atoms in total. The van der Waals surface area contributed by atoms with Gasteiger partial charge in [-0.15, -0.1) is 0 Å². The Bertz CT molecular complexity index is 1130. The highest BCUT2D eigenvalue weighted by Gasteiger charge is 2.29. The third-order valence-corrected chi connectivity index (χ3v) is 5.23. The number of carbonyl (C=O) groups is 2. The number of nitrogens with one attached hydrogen (secondary N) is 1. The molecule has 0 aliphatic carbocycles. The summed E-state index contributed by atoms with van der Waals surface area (Å²) < 4.78 is 28.5. The topological polar surface area (TPSA) is 93.2 Å². The van der Waals surface area contributed by atoms with Gasteiger partial charge in [-0.25, -0.2) is 13.6 Å². The van der Waals surface area contributed by atoms with Crippen LogP contribution in [0.3, 0.4) is 0 Å². The molecule has 3 aromatic rings. The molecule has 2 aromatic carbocycles. The van der Waals surface area contributed by atoms with E-state index in [1.807, 2.05) is 0 Å². The van der Waals surface area contributed by atoms with E-state index in [1.165, 1.54) is 29.2 Å². The molecule has 0 spiro atoms. The smallest absolute Gasteiger partial charge is 0.315 e. The van der Waals surface area contributed by atoms with E-state index in [2.05, 4.69) is 10.4 Å². The van der Waals surface area contributed by atoms with Crippen LogP contribution in [0.4, 0.5) is 13.6 Å². The summed E-state index contributed by atoms with van der Waals surface area (Å²) in [6, 6.07) is 11.3. The van der Waals surface area contributed by atoms with Crippen molar-refractivity contribution < 1.29 is 18.4 Å². The number of amides is 3. The highest BCUT2D eigenvalue weighted by Crippen LogP contribution is 2.29. The zero-order valence-corrected chi connectivity index (χ0v) is 16.6. The van der Waals surface area contributed by atoms with Gasteiger partial charge in [-0.1, -0.05) is 24.3 Å². The van der Waals surface area contributed by atoms with Crippen LogP contribution >= 0.6 is 0 Å². The number of nitrogens with two attached hydrogens (primary N) is 1. The number of nitrogens with zero attached hydrogens (tertiary/aromatic N) is 3. The van der Waals surface area contributed by atoms with Gasteiger partial charge in [0.15, 0.2) is 0 Å². The number of urea groups is 1. The van der Waals surface area contributed by atoms with Crippen molar-refractivity contribution in [2.75, 3.05) is 13.1 Å². The Hall–Kier alpha value is -3.75. The Kier molecular flexibility index (Phi) is 5.66. The minimum absolute atomic E-state index is 0.137.